The third kappa shape index (κ3) is 8.53. The third-order valence-electron chi connectivity index (χ3n) is 7.69. The number of ether oxygens (including phenoxy) is 6. The molecule has 3 aliphatic heterocycles. The van der Waals surface area contributed by atoms with Crippen LogP contribution < -0.4 is 0 Å². The largest absolute Gasteiger partial charge is 0.394 e. The quantitative estimate of drug-likeness (QED) is 0.0749. The summed E-state index contributed by atoms with van der Waals surface area (Å²) in [5.41, 5.74) is 0. The van der Waals surface area contributed by atoms with Crippen molar-refractivity contribution in [1.82, 2.24) is 0 Å². The van der Waals surface area contributed by atoms with Crippen molar-refractivity contribution in [2.24, 2.45) is 0 Å². The standard InChI is InChI=1S/C26H48O15/c1-3-4-5-6-7-8-9-36-25-22(17(34)19(37-25)12(2)29)41-26-23(18(35)21(39-26)14(31)11-28)40-24-16(33)15(32)20(38-24)13(30)10-27/h12-35H,3-11H2,1-2H3/t12-,13-,14-,15+,16+,17+,18-,19+,20-,21-,22-,23+,24-,25-,26-/m0/s1. The Bertz CT molecular complexity index is 746. The summed E-state index contributed by atoms with van der Waals surface area (Å²) in [5.74, 6) is 0. The molecule has 0 aromatic carbocycles. The van der Waals surface area contributed by atoms with Gasteiger partial charge in [0, 0.05) is 6.61 Å². The van der Waals surface area contributed by atoms with Gasteiger partial charge in [0.1, 0.15) is 67.1 Å². The van der Waals surface area contributed by atoms with Crippen LogP contribution in [0, 0.1) is 0 Å². The second-order valence-corrected chi connectivity index (χ2v) is 11.0. The Kier molecular flexibility index (Phi) is 14.0. The molecule has 3 rings (SSSR count). The average Bonchev–Trinajstić information content (AvgIpc) is 3.54. The fourth-order valence-electron chi connectivity index (χ4n) is 5.27. The van der Waals surface area contributed by atoms with Crippen LogP contribution >= 0.6 is 0 Å². The number of hydrogen-bond donors (Lipinski definition) is 9. The van der Waals surface area contributed by atoms with Gasteiger partial charge < -0.3 is 74.4 Å². The van der Waals surface area contributed by atoms with E-state index in [0.29, 0.717) is 0 Å². The highest BCUT2D eigenvalue weighted by Crippen LogP contribution is 2.36. The first-order valence-electron chi connectivity index (χ1n) is 14.4. The smallest absolute Gasteiger partial charge is 0.187 e. The zero-order valence-electron chi connectivity index (χ0n) is 23.5. The van der Waals surface area contributed by atoms with Crippen molar-refractivity contribution < 1.29 is 74.4 Å². The van der Waals surface area contributed by atoms with Crippen molar-refractivity contribution in [3.05, 3.63) is 0 Å². The van der Waals surface area contributed by atoms with Gasteiger partial charge in [0.15, 0.2) is 18.9 Å². The highest BCUT2D eigenvalue weighted by Gasteiger charge is 2.56. The van der Waals surface area contributed by atoms with E-state index in [4.69, 9.17) is 28.4 Å². The maximum atomic E-state index is 10.9. The minimum absolute atomic E-state index is 0.282. The van der Waals surface area contributed by atoms with Crippen molar-refractivity contribution in [1.29, 1.82) is 0 Å². The lowest BCUT2D eigenvalue weighted by Crippen LogP contribution is -2.47. The zero-order valence-corrected chi connectivity index (χ0v) is 23.5. The van der Waals surface area contributed by atoms with E-state index in [1.807, 2.05) is 0 Å². The molecule has 3 aliphatic rings. The van der Waals surface area contributed by atoms with Gasteiger partial charge in [-0.1, -0.05) is 39.0 Å². The summed E-state index contributed by atoms with van der Waals surface area (Å²) in [6.45, 7) is 2.29. The molecule has 0 bridgehead atoms. The van der Waals surface area contributed by atoms with Gasteiger partial charge in [-0.3, -0.25) is 0 Å². The maximum Gasteiger partial charge on any atom is 0.187 e. The predicted octanol–water partition coefficient (Wildman–Crippen LogP) is -3.16. The summed E-state index contributed by atoms with van der Waals surface area (Å²) < 4.78 is 34.3. The van der Waals surface area contributed by atoms with E-state index >= 15 is 0 Å². The Morgan fingerprint density at radius 1 is 0.610 bits per heavy atom. The molecule has 9 N–H and O–H groups in total. The van der Waals surface area contributed by atoms with Crippen LogP contribution in [0.2, 0.25) is 0 Å². The van der Waals surface area contributed by atoms with Crippen molar-refractivity contribution in [3.8, 4) is 0 Å². The van der Waals surface area contributed by atoms with Gasteiger partial charge in [-0.05, 0) is 13.3 Å². The summed E-state index contributed by atoms with van der Waals surface area (Å²) in [7, 11) is 0. The molecule has 0 spiro atoms. The van der Waals surface area contributed by atoms with Crippen LogP contribution in [0.25, 0.3) is 0 Å². The number of aliphatic hydroxyl groups is 9. The first-order chi connectivity index (χ1) is 19.5. The van der Waals surface area contributed by atoms with Crippen LogP contribution in [0.4, 0.5) is 0 Å². The van der Waals surface area contributed by atoms with Crippen molar-refractivity contribution in [2.45, 2.75) is 144 Å². The second-order valence-electron chi connectivity index (χ2n) is 11.0. The highest BCUT2D eigenvalue weighted by atomic mass is 16.8. The molecule has 242 valence electrons. The molecule has 0 amide bonds. The van der Waals surface area contributed by atoms with E-state index in [-0.39, 0.29) is 6.61 Å². The van der Waals surface area contributed by atoms with Crippen LogP contribution in [0.1, 0.15) is 52.4 Å². The van der Waals surface area contributed by atoms with E-state index in [9.17, 15) is 46.0 Å². The lowest BCUT2D eigenvalue weighted by molar-refractivity contribution is -0.279. The van der Waals surface area contributed by atoms with Gasteiger partial charge in [0.25, 0.3) is 0 Å². The SMILES string of the molecule is CCCCCCCCO[C@H]1O[C@H]([C@H](C)O)[C@@H](O)[C@@H]1O[C@@H]1O[C@@H]([C@@H](O)CO)[C@H](O)[C@H]1O[C@@H]1O[C@@H]([C@@H](O)CO)[C@H](O)[C@H]1O. The van der Waals surface area contributed by atoms with Crippen LogP contribution in [0.15, 0.2) is 0 Å². The fourth-order valence-corrected chi connectivity index (χ4v) is 5.27. The molecule has 3 saturated heterocycles. The molecule has 15 nitrogen and oxygen atoms in total. The molecule has 0 aromatic heterocycles. The van der Waals surface area contributed by atoms with E-state index in [0.717, 1.165) is 38.5 Å². The van der Waals surface area contributed by atoms with E-state index in [1.54, 1.807) is 0 Å². The Labute approximate surface area is 239 Å². The molecule has 0 aliphatic carbocycles. The molecule has 0 aromatic rings. The minimum atomic E-state index is -1.70. The van der Waals surface area contributed by atoms with Gasteiger partial charge in [-0.2, -0.15) is 0 Å². The number of unbranched alkanes of at least 4 members (excludes halogenated alkanes) is 5. The lowest BCUT2D eigenvalue weighted by Gasteiger charge is -2.29. The third-order valence-corrected chi connectivity index (χ3v) is 7.69. The zero-order chi connectivity index (χ0) is 30.3. The van der Waals surface area contributed by atoms with E-state index in [1.165, 1.54) is 6.92 Å². The summed E-state index contributed by atoms with van der Waals surface area (Å²) in [6.07, 6.45) is -15.5. The molecule has 15 atom stereocenters. The predicted molar refractivity (Wildman–Crippen MR) is 137 cm³/mol. The molecule has 0 saturated carbocycles. The van der Waals surface area contributed by atoms with Gasteiger partial charge in [-0.25, -0.2) is 0 Å². The van der Waals surface area contributed by atoms with Gasteiger partial charge in [0.05, 0.1) is 19.3 Å². The molecular weight excluding hydrogens is 552 g/mol. The number of aliphatic hydroxyl groups excluding tert-OH is 9. The molecule has 3 fully saturated rings. The second kappa shape index (κ2) is 16.5. The molecule has 0 radical (unpaired) electrons. The highest BCUT2D eigenvalue weighted by molar-refractivity contribution is 4.97. The average molecular weight is 601 g/mol. The van der Waals surface area contributed by atoms with Crippen LogP contribution in [0.3, 0.4) is 0 Å². The molecule has 41 heavy (non-hydrogen) atoms. The lowest BCUT2D eigenvalue weighted by atomic mass is 10.0. The summed E-state index contributed by atoms with van der Waals surface area (Å²) in [4.78, 5) is 0. The minimum Gasteiger partial charge on any atom is -0.394 e. The molecular formula is C26H48O15. The summed E-state index contributed by atoms with van der Waals surface area (Å²) in [6, 6.07) is 0. The first-order valence-corrected chi connectivity index (χ1v) is 14.4. The first kappa shape index (κ1) is 34.9. The summed E-state index contributed by atoms with van der Waals surface area (Å²) in [5, 5.41) is 91.4. The maximum absolute atomic E-state index is 10.9. The van der Waals surface area contributed by atoms with E-state index < -0.39 is 105 Å². The van der Waals surface area contributed by atoms with Crippen molar-refractivity contribution in [3.63, 3.8) is 0 Å². The van der Waals surface area contributed by atoms with E-state index in [2.05, 4.69) is 6.92 Å². The monoisotopic (exact) mass is 600 g/mol. The van der Waals surface area contributed by atoms with Gasteiger partial charge >= 0.3 is 0 Å². The van der Waals surface area contributed by atoms with Crippen LogP contribution in [-0.2, 0) is 28.4 Å². The number of rotatable bonds is 17. The van der Waals surface area contributed by atoms with Gasteiger partial charge in [0.2, 0.25) is 0 Å². The number of hydrogen-bond acceptors (Lipinski definition) is 15. The van der Waals surface area contributed by atoms with Crippen LogP contribution in [0.5, 0.6) is 0 Å². The topological polar surface area (TPSA) is 237 Å². The Morgan fingerprint density at radius 3 is 1.71 bits per heavy atom. The van der Waals surface area contributed by atoms with Crippen molar-refractivity contribution >= 4 is 0 Å². The Hall–Kier alpha value is -0.600. The molecule has 3 heterocycles. The van der Waals surface area contributed by atoms with Gasteiger partial charge in [-0.15, -0.1) is 0 Å². The molecule has 15 heteroatoms. The fraction of sp³-hybridized carbons (Fsp3) is 1.00. The Morgan fingerprint density at radius 2 is 1.10 bits per heavy atom. The molecule has 0 unspecified atom stereocenters. The summed E-state index contributed by atoms with van der Waals surface area (Å²) >= 11 is 0. The Balaban J connectivity index is 1.72. The van der Waals surface area contributed by atoms with Crippen molar-refractivity contribution in [2.75, 3.05) is 19.8 Å². The normalized spacial score (nSPS) is 41.6. The van der Waals surface area contributed by atoms with Crippen LogP contribution in [-0.4, -0.2) is 158 Å².